The maximum absolute atomic E-state index is 13.2. The number of nitrogens with zero attached hydrogens (tertiary/aromatic N) is 3. The molecule has 1 aliphatic heterocycles. The summed E-state index contributed by atoms with van der Waals surface area (Å²) < 4.78 is 5.49. The van der Waals surface area contributed by atoms with Crippen molar-refractivity contribution in [3.63, 3.8) is 0 Å². The van der Waals surface area contributed by atoms with Crippen LogP contribution in [0.2, 0.25) is 0 Å². The van der Waals surface area contributed by atoms with Crippen molar-refractivity contribution in [2.24, 2.45) is 0 Å². The molecule has 1 fully saturated rings. The summed E-state index contributed by atoms with van der Waals surface area (Å²) in [6, 6.07) is 11.7. The fourth-order valence-electron chi connectivity index (χ4n) is 3.83. The van der Waals surface area contributed by atoms with Gasteiger partial charge < -0.3 is 9.64 Å². The van der Waals surface area contributed by atoms with Crippen molar-refractivity contribution in [3.8, 4) is 16.9 Å². The number of benzene rings is 2. The number of ether oxygens (including phenoxy) is 1. The third kappa shape index (κ3) is 3.56. The summed E-state index contributed by atoms with van der Waals surface area (Å²) in [5.74, 6) is 0.472. The molecule has 1 unspecified atom stereocenters. The third-order valence-electron chi connectivity index (χ3n) is 5.24. The number of hydrogen-bond donors (Lipinski definition) is 1. The highest BCUT2D eigenvalue weighted by molar-refractivity contribution is 5.96. The fourth-order valence-corrected chi connectivity index (χ4v) is 3.83. The molecule has 1 atom stereocenters. The van der Waals surface area contributed by atoms with E-state index in [2.05, 4.69) is 10.2 Å². The van der Waals surface area contributed by atoms with E-state index >= 15 is 0 Å². The Morgan fingerprint density at radius 1 is 1.31 bits per heavy atom. The van der Waals surface area contributed by atoms with Crippen LogP contribution in [0.25, 0.3) is 11.1 Å². The van der Waals surface area contributed by atoms with Crippen molar-refractivity contribution in [1.82, 2.24) is 15.1 Å². The number of aromatic amines is 1. The van der Waals surface area contributed by atoms with Crippen molar-refractivity contribution < 1.29 is 14.5 Å². The summed E-state index contributed by atoms with van der Waals surface area (Å²) in [5, 5.41) is 17.8. The summed E-state index contributed by atoms with van der Waals surface area (Å²) in [7, 11) is 1.56. The highest BCUT2D eigenvalue weighted by Gasteiger charge is 2.31. The smallest absolute Gasteiger partial charge is 0.269 e. The van der Waals surface area contributed by atoms with Crippen molar-refractivity contribution in [3.05, 3.63) is 76.1 Å². The Hall–Kier alpha value is -3.68. The Kier molecular flexibility index (Phi) is 4.99. The predicted molar refractivity (Wildman–Crippen MR) is 107 cm³/mol. The number of H-pyrrole nitrogens is 1. The number of carbonyl (C=O) groups is 1. The maximum atomic E-state index is 13.2. The first kappa shape index (κ1) is 18.7. The number of aromatic nitrogens is 2. The van der Waals surface area contributed by atoms with Crippen LogP contribution in [-0.2, 0) is 0 Å². The molecule has 1 N–H and O–H groups in total. The number of hydrogen-bond acceptors (Lipinski definition) is 5. The summed E-state index contributed by atoms with van der Waals surface area (Å²) in [6.07, 6.45) is 5.08. The number of amides is 1. The van der Waals surface area contributed by atoms with Crippen LogP contribution in [0.15, 0.2) is 54.9 Å². The molecule has 0 bridgehead atoms. The minimum Gasteiger partial charge on any atom is -0.496 e. The number of non-ortho nitro benzene ring substituents is 1. The molecule has 2 aromatic carbocycles. The van der Waals surface area contributed by atoms with Crippen LogP contribution < -0.4 is 4.74 Å². The molecule has 1 amide bonds. The van der Waals surface area contributed by atoms with E-state index in [-0.39, 0.29) is 17.6 Å². The van der Waals surface area contributed by atoms with Gasteiger partial charge in [0.05, 0.1) is 24.3 Å². The predicted octanol–water partition coefficient (Wildman–Crippen LogP) is 3.97. The van der Waals surface area contributed by atoms with E-state index < -0.39 is 4.92 Å². The molecule has 1 aliphatic rings. The van der Waals surface area contributed by atoms with Gasteiger partial charge in [-0.1, -0.05) is 12.1 Å². The second-order valence-electron chi connectivity index (χ2n) is 6.91. The van der Waals surface area contributed by atoms with Gasteiger partial charge >= 0.3 is 0 Å². The molecular weight excluding hydrogens is 372 g/mol. The molecule has 0 radical (unpaired) electrons. The number of likely N-dealkylation sites (tertiary alicyclic amines) is 1. The summed E-state index contributed by atoms with van der Waals surface area (Å²) >= 11 is 0. The Morgan fingerprint density at radius 3 is 2.90 bits per heavy atom. The SMILES string of the molecule is COc1cc(C(=O)N2CCCC2c2cccc([N+](=O)[O-])c2)ccc1-c1cn[nH]c1. The van der Waals surface area contributed by atoms with Crippen molar-refractivity contribution in [1.29, 1.82) is 0 Å². The van der Waals surface area contributed by atoms with E-state index in [0.717, 1.165) is 29.5 Å². The molecule has 0 spiro atoms. The Morgan fingerprint density at radius 2 is 2.17 bits per heavy atom. The molecule has 2 heterocycles. The maximum Gasteiger partial charge on any atom is 0.269 e. The van der Waals surface area contributed by atoms with E-state index in [1.165, 1.54) is 6.07 Å². The zero-order valence-corrected chi connectivity index (χ0v) is 15.9. The highest BCUT2D eigenvalue weighted by Crippen LogP contribution is 2.36. The summed E-state index contributed by atoms with van der Waals surface area (Å²) in [5.41, 5.74) is 3.05. The van der Waals surface area contributed by atoms with E-state index in [4.69, 9.17) is 4.74 Å². The second kappa shape index (κ2) is 7.75. The van der Waals surface area contributed by atoms with E-state index in [9.17, 15) is 14.9 Å². The summed E-state index contributed by atoms with van der Waals surface area (Å²) in [4.78, 5) is 25.7. The minimum atomic E-state index is -0.413. The molecule has 29 heavy (non-hydrogen) atoms. The first-order chi connectivity index (χ1) is 14.1. The minimum absolute atomic E-state index is 0.0351. The lowest BCUT2D eigenvalue weighted by Gasteiger charge is -2.25. The number of methoxy groups -OCH3 is 1. The quantitative estimate of drug-likeness (QED) is 0.523. The number of nitro groups is 1. The lowest BCUT2D eigenvalue weighted by molar-refractivity contribution is -0.384. The average molecular weight is 392 g/mol. The molecule has 1 aromatic heterocycles. The van der Waals surface area contributed by atoms with Crippen LogP contribution in [-0.4, -0.2) is 39.6 Å². The fraction of sp³-hybridized carbons (Fsp3) is 0.238. The number of carbonyl (C=O) groups excluding carboxylic acids is 1. The van der Waals surface area contributed by atoms with E-state index in [0.29, 0.717) is 17.9 Å². The van der Waals surface area contributed by atoms with Gasteiger partial charge in [-0.3, -0.25) is 20.0 Å². The standard InChI is InChI=1S/C21H20N4O4/c1-29-20-11-15(7-8-18(20)16-12-22-23-13-16)21(26)24-9-3-6-19(24)14-4-2-5-17(10-14)25(27)28/h2,4-5,7-8,10-13,19H,3,6,9H2,1H3,(H,22,23). The van der Waals surface area contributed by atoms with Crippen LogP contribution in [0, 0.1) is 10.1 Å². The zero-order valence-electron chi connectivity index (χ0n) is 15.9. The highest BCUT2D eigenvalue weighted by atomic mass is 16.6. The zero-order chi connectivity index (χ0) is 20.4. The average Bonchev–Trinajstić information content (AvgIpc) is 3.45. The van der Waals surface area contributed by atoms with Gasteiger partial charge in [-0.25, -0.2) is 0 Å². The molecule has 0 aliphatic carbocycles. The van der Waals surface area contributed by atoms with Gasteiger partial charge in [-0.2, -0.15) is 5.10 Å². The Bertz CT molecular complexity index is 1050. The molecule has 4 rings (SSSR count). The Labute approximate surface area is 167 Å². The van der Waals surface area contributed by atoms with Gasteiger partial charge in [0.1, 0.15) is 5.75 Å². The van der Waals surface area contributed by atoms with Crippen molar-refractivity contribution >= 4 is 11.6 Å². The monoisotopic (exact) mass is 392 g/mol. The van der Waals surface area contributed by atoms with Gasteiger partial charge in [0.15, 0.2) is 0 Å². The van der Waals surface area contributed by atoms with Gasteiger partial charge in [-0.15, -0.1) is 0 Å². The topological polar surface area (TPSA) is 101 Å². The molecule has 3 aromatic rings. The largest absolute Gasteiger partial charge is 0.496 e. The molecule has 0 saturated carbocycles. The second-order valence-corrected chi connectivity index (χ2v) is 6.91. The summed E-state index contributed by atoms with van der Waals surface area (Å²) in [6.45, 7) is 0.609. The Balaban J connectivity index is 1.63. The van der Waals surface area contributed by atoms with Gasteiger partial charge in [0.2, 0.25) is 0 Å². The first-order valence-corrected chi connectivity index (χ1v) is 9.31. The van der Waals surface area contributed by atoms with Crippen LogP contribution >= 0.6 is 0 Å². The number of nitrogens with one attached hydrogen (secondary N) is 1. The lowest BCUT2D eigenvalue weighted by atomic mass is 10.0. The van der Waals surface area contributed by atoms with Crippen LogP contribution in [0.4, 0.5) is 5.69 Å². The van der Waals surface area contributed by atoms with Crippen LogP contribution in [0.5, 0.6) is 5.75 Å². The molecular formula is C21H20N4O4. The number of rotatable bonds is 5. The number of nitro benzene ring substituents is 1. The van der Waals surface area contributed by atoms with Crippen LogP contribution in [0.3, 0.4) is 0 Å². The van der Waals surface area contributed by atoms with E-state index in [1.807, 2.05) is 12.1 Å². The molecule has 8 nitrogen and oxygen atoms in total. The van der Waals surface area contributed by atoms with Crippen molar-refractivity contribution in [2.75, 3.05) is 13.7 Å². The van der Waals surface area contributed by atoms with Gasteiger partial charge in [0, 0.05) is 41.6 Å². The molecule has 148 valence electrons. The molecule has 1 saturated heterocycles. The molecule has 8 heteroatoms. The van der Waals surface area contributed by atoms with Crippen molar-refractivity contribution in [2.45, 2.75) is 18.9 Å². The first-order valence-electron chi connectivity index (χ1n) is 9.31. The van der Waals surface area contributed by atoms with Crippen LogP contribution in [0.1, 0.15) is 34.8 Å². The lowest BCUT2D eigenvalue weighted by Crippen LogP contribution is -2.30. The normalized spacial score (nSPS) is 16.0. The third-order valence-corrected chi connectivity index (χ3v) is 5.24. The van der Waals surface area contributed by atoms with Gasteiger partial charge in [0.25, 0.3) is 11.6 Å². The van der Waals surface area contributed by atoms with Gasteiger partial charge in [-0.05, 0) is 36.6 Å². The van der Waals surface area contributed by atoms with E-state index in [1.54, 1.807) is 48.7 Å².